The van der Waals surface area contributed by atoms with Crippen LogP contribution < -0.4 is 0 Å². The van der Waals surface area contributed by atoms with Crippen molar-refractivity contribution in [3.63, 3.8) is 0 Å². The van der Waals surface area contributed by atoms with Gasteiger partial charge >= 0.3 is 41.3 Å². The van der Waals surface area contributed by atoms with E-state index in [9.17, 15) is 0 Å². The van der Waals surface area contributed by atoms with Crippen molar-refractivity contribution in [2.45, 2.75) is 6.92 Å². The Labute approximate surface area is 100 Å². The molecule has 0 aliphatic heterocycles. The third-order valence-corrected chi connectivity index (χ3v) is 1.90. The molecule has 0 saturated heterocycles. The molecular formula is C10H9Br2Ti-. The first kappa shape index (κ1) is 11.6. The molecule has 2 aromatic carbocycles. The van der Waals surface area contributed by atoms with Crippen LogP contribution in [0.15, 0.2) is 36.4 Å². The standard InChI is InChI=1S/C10H9.2BrH.Ti/c1-8-6-7-9-4-2-3-5-10(8)9;;;/h2-7H,1H3;2*1H;/q-1;;;+2/p-2. The van der Waals surface area contributed by atoms with Crippen LogP contribution in [0.3, 0.4) is 0 Å². The summed E-state index contributed by atoms with van der Waals surface area (Å²) >= 11 is 6.50. The van der Waals surface area contributed by atoms with E-state index in [1.165, 1.54) is 16.3 Å². The van der Waals surface area contributed by atoms with Gasteiger partial charge in [0.15, 0.2) is 0 Å². The quantitative estimate of drug-likeness (QED) is 0.489. The van der Waals surface area contributed by atoms with E-state index >= 15 is 0 Å². The van der Waals surface area contributed by atoms with Gasteiger partial charge in [-0.25, -0.2) is 0 Å². The molecule has 0 aliphatic rings. The summed E-state index contributed by atoms with van der Waals surface area (Å²) in [7, 11) is 0. The van der Waals surface area contributed by atoms with E-state index < -0.39 is 0 Å². The molecule has 0 atom stereocenters. The fourth-order valence-electron chi connectivity index (χ4n) is 1.31. The van der Waals surface area contributed by atoms with Crippen LogP contribution >= 0.6 is 26.3 Å². The minimum absolute atomic E-state index is 0.125. The van der Waals surface area contributed by atoms with Crippen LogP contribution in [0.5, 0.6) is 0 Å². The zero-order chi connectivity index (χ0) is 9.68. The second-order valence-corrected chi connectivity index (χ2v) is 10.6. The SMILES string of the molecule is C[c-]1ccc2ccccc21.[Br][Ti][Br]. The van der Waals surface area contributed by atoms with Gasteiger partial charge in [0.1, 0.15) is 0 Å². The third kappa shape index (κ3) is 3.28. The van der Waals surface area contributed by atoms with Crippen molar-refractivity contribution in [3.8, 4) is 0 Å². The number of benzene rings is 1. The number of hydrogen-bond acceptors (Lipinski definition) is 0. The van der Waals surface area contributed by atoms with E-state index in [0.29, 0.717) is 0 Å². The molecule has 0 bridgehead atoms. The Bertz CT molecular complexity index is 368. The van der Waals surface area contributed by atoms with E-state index in [0.717, 1.165) is 0 Å². The van der Waals surface area contributed by atoms with Gasteiger partial charge in [-0.15, -0.1) is 34.5 Å². The first-order chi connectivity index (χ1) is 6.29. The van der Waals surface area contributed by atoms with Gasteiger partial charge in [0.2, 0.25) is 0 Å². The zero-order valence-electron chi connectivity index (χ0n) is 7.22. The third-order valence-electron chi connectivity index (χ3n) is 1.90. The van der Waals surface area contributed by atoms with Gasteiger partial charge in [-0.2, -0.15) is 12.1 Å². The Morgan fingerprint density at radius 1 is 1.15 bits per heavy atom. The van der Waals surface area contributed by atoms with Crippen molar-refractivity contribution in [2.75, 3.05) is 0 Å². The van der Waals surface area contributed by atoms with Crippen molar-refractivity contribution in [1.29, 1.82) is 0 Å². The monoisotopic (exact) mass is 335 g/mol. The van der Waals surface area contributed by atoms with E-state index in [2.05, 4.69) is 69.6 Å². The summed E-state index contributed by atoms with van der Waals surface area (Å²) in [6.45, 7) is 2.14. The van der Waals surface area contributed by atoms with Crippen molar-refractivity contribution in [2.24, 2.45) is 0 Å². The number of fused-ring (bicyclic) bond motifs is 1. The van der Waals surface area contributed by atoms with Gasteiger partial charge in [-0.1, -0.05) is 13.0 Å². The minimum atomic E-state index is 0.125. The van der Waals surface area contributed by atoms with Crippen molar-refractivity contribution >= 4 is 37.1 Å². The van der Waals surface area contributed by atoms with Gasteiger partial charge in [-0.05, 0) is 0 Å². The van der Waals surface area contributed by atoms with Crippen LogP contribution in [0, 0.1) is 6.92 Å². The fourth-order valence-corrected chi connectivity index (χ4v) is 1.31. The maximum atomic E-state index is 3.19. The topological polar surface area (TPSA) is 0 Å². The van der Waals surface area contributed by atoms with Gasteiger partial charge in [0, 0.05) is 0 Å². The molecule has 3 heteroatoms. The summed E-state index contributed by atoms with van der Waals surface area (Å²) < 4.78 is 0. The van der Waals surface area contributed by atoms with E-state index in [1.807, 2.05) is 0 Å². The maximum absolute atomic E-state index is 3.19. The summed E-state index contributed by atoms with van der Waals surface area (Å²) in [5, 5.41) is 2.72. The van der Waals surface area contributed by atoms with Crippen LogP contribution in [-0.4, -0.2) is 0 Å². The van der Waals surface area contributed by atoms with Gasteiger partial charge < -0.3 is 0 Å². The Morgan fingerprint density at radius 2 is 1.77 bits per heavy atom. The number of aryl methyl sites for hydroxylation is 1. The van der Waals surface area contributed by atoms with Crippen LogP contribution in [-0.2, 0) is 15.0 Å². The fraction of sp³-hybridized carbons (Fsp3) is 0.100. The van der Waals surface area contributed by atoms with Crippen LogP contribution in [0.4, 0.5) is 0 Å². The first-order valence-corrected chi connectivity index (χ1v) is 11.6. The van der Waals surface area contributed by atoms with Gasteiger partial charge in [0.05, 0.1) is 0 Å². The van der Waals surface area contributed by atoms with Crippen molar-refractivity contribution in [3.05, 3.63) is 42.0 Å². The van der Waals surface area contributed by atoms with Crippen molar-refractivity contribution < 1.29 is 15.0 Å². The molecular weight excluding hydrogens is 328 g/mol. The summed E-state index contributed by atoms with van der Waals surface area (Å²) in [6.07, 6.45) is 0. The molecule has 0 N–H and O–H groups in total. The average molecular weight is 337 g/mol. The van der Waals surface area contributed by atoms with Crippen LogP contribution in [0.1, 0.15) is 5.56 Å². The molecule has 13 heavy (non-hydrogen) atoms. The van der Waals surface area contributed by atoms with Crippen molar-refractivity contribution in [1.82, 2.24) is 0 Å². The number of rotatable bonds is 0. The molecule has 0 fully saturated rings. The predicted molar refractivity (Wildman–Crippen MR) is 62.1 cm³/mol. The number of hydrogen-bond donors (Lipinski definition) is 0. The molecule has 0 aromatic heterocycles. The molecule has 0 nitrogen and oxygen atoms in total. The second kappa shape index (κ2) is 6.08. The molecule has 0 saturated carbocycles. The Balaban J connectivity index is 0.000000251. The summed E-state index contributed by atoms with van der Waals surface area (Å²) in [5.74, 6) is 0. The molecule has 0 heterocycles. The molecule has 0 amide bonds. The van der Waals surface area contributed by atoms with E-state index in [4.69, 9.17) is 0 Å². The Morgan fingerprint density at radius 3 is 2.38 bits per heavy atom. The molecule has 68 valence electrons. The Hall–Kier alpha value is 0.504. The van der Waals surface area contributed by atoms with Gasteiger partial charge in [0.25, 0.3) is 0 Å². The predicted octanol–water partition coefficient (Wildman–Crippen LogP) is 4.56. The van der Waals surface area contributed by atoms with E-state index in [-0.39, 0.29) is 15.0 Å². The van der Waals surface area contributed by atoms with Gasteiger partial charge in [-0.3, -0.25) is 0 Å². The normalized spacial score (nSPS) is 9.15. The summed E-state index contributed by atoms with van der Waals surface area (Å²) in [6, 6.07) is 12.8. The van der Waals surface area contributed by atoms with Crippen LogP contribution in [0.25, 0.3) is 10.8 Å². The van der Waals surface area contributed by atoms with E-state index in [1.54, 1.807) is 0 Å². The summed E-state index contributed by atoms with van der Waals surface area (Å²) in [4.78, 5) is 0. The number of halogens is 2. The molecule has 2 rings (SSSR count). The first-order valence-electron chi connectivity index (χ1n) is 3.87. The molecule has 2 aromatic rings. The molecule has 0 aliphatic carbocycles. The molecule has 0 radical (unpaired) electrons. The molecule has 0 spiro atoms. The summed E-state index contributed by atoms with van der Waals surface area (Å²) in [5.41, 5.74) is 1.37. The van der Waals surface area contributed by atoms with Crippen LogP contribution in [0.2, 0.25) is 0 Å². The zero-order valence-corrected chi connectivity index (χ0v) is 12.0. The Kier molecular flexibility index (Phi) is 5.41. The second-order valence-electron chi connectivity index (χ2n) is 2.68. The average Bonchev–Trinajstić information content (AvgIpc) is 2.50. The molecule has 0 unspecified atom stereocenters.